The van der Waals surface area contributed by atoms with E-state index < -0.39 is 0 Å². The van der Waals surface area contributed by atoms with Crippen molar-refractivity contribution in [3.63, 3.8) is 0 Å². The Hall–Kier alpha value is 0.0700. The lowest BCUT2D eigenvalue weighted by atomic mass is 10.1. The van der Waals surface area contributed by atoms with Gasteiger partial charge in [0.1, 0.15) is 5.75 Å². The second-order valence-electron chi connectivity index (χ2n) is 2.64. The molecule has 0 amide bonds. The second kappa shape index (κ2) is 3.44. The summed E-state index contributed by atoms with van der Waals surface area (Å²) in [6.07, 6.45) is 0. The van der Waals surface area contributed by atoms with Gasteiger partial charge >= 0.3 is 0 Å². The fourth-order valence-electron chi connectivity index (χ4n) is 0.935. The summed E-state index contributed by atoms with van der Waals surface area (Å²) in [7, 11) is 0. The summed E-state index contributed by atoms with van der Waals surface area (Å²) < 4.78 is 0. The van der Waals surface area contributed by atoms with Gasteiger partial charge in [0.25, 0.3) is 0 Å². The monoisotopic (exact) mass is 218 g/mol. The van der Waals surface area contributed by atoms with Crippen LogP contribution in [-0.2, 0) is 0 Å². The van der Waals surface area contributed by atoms with E-state index in [2.05, 4.69) is 37.9 Å². The first kappa shape index (κ1) is 10.2. The molecule has 0 aliphatic carbocycles. The topological polar surface area (TPSA) is 20.2 Å². The van der Waals surface area contributed by atoms with Crippen molar-refractivity contribution in [2.24, 2.45) is 0 Å². The van der Waals surface area contributed by atoms with Crippen LogP contribution >= 0.6 is 37.9 Å². The van der Waals surface area contributed by atoms with Crippen LogP contribution in [0.15, 0.2) is 14.7 Å². The Morgan fingerprint density at radius 2 is 1.33 bits per heavy atom. The van der Waals surface area contributed by atoms with Crippen LogP contribution in [-0.4, -0.2) is 5.11 Å². The van der Waals surface area contributed by atoms with Gasteiger partial charge in [-0.3, -0.25) is 0 Å². The summed E-state index contributed by atoms with van der Waals surface area (Å²) >= 11 is 12.6. The van der Waals surface area contributed by atoms with Gasteiger partial charge in [-0.05, 0) is 25.0 Å². The average molecular weight is 218 g/mol. The Labute approximate surface area is 88.4 Å². The number of aromatic hydroxyl groups is 1. The first-order valence-electron chi connectivity index (χ1n) is 3.39. The molecule has 0 aliphatic rings. The van der Waals surface area contributed by atoms with Gasteiger partial charge in [0.15, 0.2) is 0 Å². The zero-order chi connectivity index (χ0) is 9.46. The van der Waals surface area contributed by atoms with Crippen LogP contribution in [0, 0.1) is 13.8 Å². The van der Waals surface area contributed by atoms with E-state index in [9.17, 15) is 5.11 Å². The molecule has 1 nitrogen and oxygen atoms in total. The number of phenolic OH excluding ortho intramolecular Hbond substituents is 1. The molecular weight excluding hydrogens is 208 g/mol. The molecule has 1 rings (SSSR count). The summed E-state index contributed by atoms with van der Waals surface area (Å²) in [6.45, 7) is 3.72. The quantitative estimate of drug-likeness (QED) is 0.494. The maximum absolute atomic E-state index is 9.53. The molecule has 0 radical (unpaired) electrons. The number of hydrogen-bond donors (Lipinski definition) is 4. The predicted octanol–water partition coefficient (Wildman–Crippen LogP) is 2.88. The molecule has 1 aromatic carbocycles. The lowest BCUT2D eigenvalue weighted by Gasteiger charge is -2.11. The SMILES string of the molecule is Cc1c(C)c(S)c(S)c(S)c1O. The summed E-state index contributed by atoms with van der Waals surface area (Å²) in [5.74, 6) is 0.193. The highest BCUT2D eigenvalue weighted by Gasteiger charge is 2.12. The molecule has 0 saturated carbocycles. The Morgan fingerprint density at radius 3 is 1.83 bits per heavy atom. The fourth-order valence-corrected chi connectivity index (χ4v) is 1.86. The summed E-state index contributed by atoms with van der Waals surface area (Å²) in [5.41, 5.74) is 1.75. The van der Waals surface area contributed by atoms with Crippen molar-refractivity contribution < 1.29 is 5.11 Å². The average Bonchev–Trinajstić information content (AvgIpc) is 2.08. The number of benzene rings is 1. The van der Waals surface area contributed by atoms with Crippen molar-refractivity contribution in [1.82, 2.24) is 0 Å². The van der Waals surface area contributed by atoms with Crippen LogP contribution in [0.25, 0.3) is 0 Å². The van der Waals surface area contributed by atoms with Crippen LogP contribution in [0.3, 0.4) is 0 Å². The summed E-state index contributed by atoms with van der Waals surface area (Å²) in [5, 5.41) is 9.53. The molecule has 4 heteroatoms. The normalized spacial score (nSPS) is 10.4. The van der Waals surface area contributed by atoms with E-state index in [1.807, 2.05) is 13.8 Å². The van der Waals surface area contributed by atoms with Crippen molar-refractivity contribution >= 4 is 37.9 Å². The summed E-state index contributed by atoms with van der Waals surface area (Å²) in [4.78, 5) is 1.90. The minimum absolute atomic E-state index is 0.193. The van der Waals surface area contributed by atoms with Crippen LogP contribution in [0.5, 0.6) is 5.75 Å². The molecule has 1 aromatic rings. The van der Waals surface area contributed by atoms with E-state index in [1.165, 1.54) is 0 Å². The van der Waals surface area contributed by atoms with Crippen molar-refractivity contribution in [1.29, 1.82) is 0 Å². The van der Waals surface area contributed by atoms with Crippen LogP contribution in [0.2, 0.25) is 0 Å². The van der Waals surface area contributed by atoms with E-state index >= 15 is 0 Å². The zero-order valence-electron chi connectivity index (χ0n) is 6.79. The van der Waals surface area contributed by atoms with Crippen molar-refractivity contribution in [3.8, 4) is 5.75 Å². The van der Waals surface area contributed by atoms with E-state index in [4.69, 9.17) is 0 Å². The van der Waals surface area contributed by atoms with E-state index in [1.54, 1.807) is 0 Å². The first-order valence-corrected chi connectivity index (χ1v) is 4.74. The third kappa shape index (κ3) is 1.43. The van der Waals surface area contributed by atoms with E-state index in [-0.39, 0.29) is 5.75 Å². The molecule has 0 atom stereocenters. The molecule has 1 N–H and O–H groups in total. The minimum atomic E-state index is 0.193. The van der Waals surface area contributed by atoms with Gasteiger partial charge in [0.05, 0.1) is 4.90 Å². The molecule has 0 heterocycles. The highest BCUT2D eigenvalue weighted by atomic mass is 32.1. The molecule has 0 aromatic heterocycles. The van der Waals surface area contributed by atoms with Gasteiger partial charge in [-0.15, -0.1) is 37.9 Å². The maximum Gasteiger partial charge on any atom is 0.133 e. The predicted molar refractivity (Wildman–Crippen MR) is 59.3 cm³/mol. The molecule has 0 fully saturated rings. The largest absolute Gasteiger partial charge is 0.506 e. The molecule has 12 heavy (non-hydrogen) atoms. The Kier molecular flexibility index (Phi) is 2.91. The molecule has 0 unspecified atom stereocenters. The van der Waals surface area contributed by atoms with E-state index in [0.717, 1.165) is 16.0 Å². The van der Waals surface area contributed by atoms with Crippen LogP contribution < -0.4 is 0 Å². The lowest BCUT2D eigenvalue weighted by Crippen LogP contribution is -1.88. The van der Waals surface area contributed by atoms with Crippen LogP contribution in [0.1, 0.15) is 11.1 Å². The first-order chi connectivity index (χ1) is 5.46. The van der Waals surface area contributed by atoms with Gasteiger partial charge < -0.3 is 5.11 Å². The molecule has 0 aliphatic heterocycles. The highest BCUT2D eigenvalue weighted by molar-refractivity contribution is 7.85. The lowest BCUT2D eigenvalue weighted by molar-refractivity contribution is 0.453. The van der Waals surface area contributed by atoms with Crippen molar-refractivity contribution in [2.45, 2.75) is 28.5 Å². The summed E-state index contributed by atoms with van der Waals surface area (Å²) in [6, 6.07) is 0. The van der Waals surface area contributed by atoms with Crippen LogP contribution in [0.4, 0.5) is 0 Å². The third-order valence-corrected chi connectivity index (χ3v) is 3.74. The minimum Gasteiger partial charge on any atom is -0.506 e. The smallest absolute Gasteiger partial charge is 0.133 e. The standard InChI is InChI=1S/C8H10OS3/c1-3-4(2)6(10)8(12)7(11)5(3)9/h9-12H,1-2H3. The maximum atomic E-state index is 9.53. The highest BCUT2D eigenvalue weighted by Crippen LogP contribution is 2.38. The number of hydrogen-bond acceptors (Lipinski definition) is 4. The fraction of sp³-hybridized carbons (Fsp3) is 0.250. The van der Waals surface area contributed by atoms with Crippen molar-refractivity contribution in [2.75, 3.05) is 0 Å². The van der Waals surface area contributed by atoms with Gasteiger partial charge in [-0.2, -0.15) is 0 Å². The molecule has 0 bridgehead atoms. The molecule has 0 saturated heterocycles. The van der Waals surface area contributed by atoms with E-state index in [0.29, 0.717) is 9.79 Å². The Bertz CT molecular complexity index is 229. The van der Waals surface area contributed by atoms with Gasteiger partial charge in [-0.25, -0.2) is 0 Å². The number of thiol groups is 3. The second-order valence-corrected chi connectivity index (χ2v) is 3.99. The van der Waals surface area contributed by atoms with Crippen molar-refractivity contribution in [3.05, 3.63) is 11.1 Å². The molecular formula is C8H10OS3. The Morgan fingerprint density at radius 1 is 0.833 bits per heavy atom. The third-order valence-electron chi connectivity index (χ3n) is 1.95. The Balaban J connectivity index is 3.60. The van der Waals surface area contributed by atoms with Gasteiger partial charge in [0.2, 0.25) is 0 Å². The van der Waals surface area contributed by atoms with Gasteiger partial charge in [-0.1, -0.05) is 0 Å². The molecule has 66 valence electrons. The zero-order valence-corrected chi connectivity index (χ0v) is 9.47. The number of rotatable bonds is 0. The molecule has 0 spiro atoms. The number of phenols is 1. The van der Waals surface area contributed by atoms with Gasteiger partial charge in [0, 0.05) is 9.79 Å².